The fraction of sp³-hybridized carbons (Fsp3) is 0.389. The van der Waals surface area contributed by atoms with Crippen molar-refractivity contribution in [2.75, 3.05) is 11.4 Å². The van der Waals surface area contributed by atoms with E-state index in [9.17, 15) is 9.90 Å². The Morgan fingerprint density at radius 1 is 1.26 bits per heavy atom. The number of aryl methyl sites for hydroxylation is 1. The van der Waals surface area contributed by atoms with Gasteiger partial charge in [0.1, 0.15) is 17.7 Å². The monoisotopic (exact) mass is 311 g/mol. The number of carboxylic acids is 1. The van der Waals surface area contributed by atoms with Gasteiger partial charge in [0.2, 0.25) is 0 Å². The molecule has 1 aromatic heterocycles. The molecule has 1 saturated heterocycles. The summed E-state index contributed by atoms with van der Waals surface area (Å²) in [5.41, 5.74) is 1.87. The standard InChI is InChI=1S/C18H21N3O2/c1-2-16-19-14(13-8-4-3-5-9-13)12-17(20-16)21-11-7-6-10-15(21)18(22)23/h3-5,8-9,12,15H,2,6-7,10-11H2,1H3,(H,22,23). The molecule has 1 fully saturated rings. The van der Waals surface area contributed by atoms with Crippen LogP contribution in [0.2, 0.25) is 0 Å². The van der Waals surface area contributed by atoms with Crippen LogP contribution in [-0.4, -0.2) is 33.6 Å². The molecule has 1 aliphatic heterocycles. The number of benzene rings is 1. The van der Waals surface area contributed by atoms with Gasteiger partial charge in [-0.2, -0.15) is 0 Å². The maximum absolute atomic E-state index is 11.6. The molecule has 1 aromatic carbocycles. The average Bonchev–Trinajstić information content (AvgIpc) is 2.62. The normalized spacial score (nSPS) is 18.0. The van der Waals surface area contributed by atoms with E-state index in [1.807, 2.05) is 48.2 Å². The summed E-state index contributed by atoms with van der Waals surface area (Å²) in [6.07, 6.45) is 3.33. The molecule has 2 heterocycles. The van der Waals surface area contributed by atoms with Crippen molar-refractivity contribution in [3.8, 4) is 11.3 Å². The van der Waals surface area contributed by atoms with E-state index in [0.29, 0.717) is 6.42 Å². The number of nitrogens with zero attached hydrogens (tertiary/aromatic N) is 3. The zero-order valence-electron chi connectivity index (χ0n) is 13.3. The molecular weight excluding hydrogens is 290 g/mol. The Hall–Kier alpha value is -2.43. The highest BCUT2D eigenvalue weighted by Gasteiger charge is 2.29. The number of carbonyl (C=O) groups is 1. The highest BCUT2D eigenvalue weighted by atomic mass is 16.4. The van der Waals surface area contributed by atoms with Crippen molar-refractivity contribution in [1.29, 1.82) is 0 Å². The first-order chi connectivity index (χ1) is 11.2. The summed E-state index contributed by atoms with van der Waals surface area (Å²) in [4.78, 5) is 22.7. The topological polar surface area (TPSA) is 66.3 Å². The van der Waals surface area contributed by atoms with Crippen molar-refractivity contribution in [3.63, 3.8) is 0 Å². The first kappa shape index (κ1) is 15.5. The highest BCUT2D eigenvalue weighted by molar-refractivity contribution is 5.78. The Balaban J connectivity index is 2.03. The fourth-order valence-electron chi connectivity index (χ4n) is 3.01. The van der Waals surface area contributed by atoms with Crippen molar-refractivity contribution in [1.82, 2.24) is 9.97 Å². The van der Waals surface area contributed by atoms with E-state index in [-0.39, 0.29) is 0 Å². The van der Waals surface area contributed by atoms with Gasteiger partial charge in [-0.3, -0.25) is 0 Å². The van der Waals surface area contributed by atoms with Crippen LogP contribution in [0.1, 0.15) is 32.0 Å². The Bertz CT molecular complexity index is 688. The minimum Gasteiger partial charge on any atom is -0.480 e. The molecule has 1 aliphatic rings. The number of carboxylic acid groups (broad SMARTS) is 1. The van der Waals surface area contributed by atoms with E-state index >= 15 is 0 Å². The molecule has 1 unspecified atom stereocenters. The molecule has 0 bridgehead atoms. The van der Waals surface area contributed by atoms with Crippen LogP contribution in [0.15, 0.2) is 36.4 Å². The van der Waals surface area contributed by atoms with Gasteiger partial charge in [0.15, 0.2) is 0 Å². The lowest BCUT2D eigenvalue weighted by Crippen LogP contribution is -2.45. The molecule has 5 heteroatoms. The van der Waals surface area contributed by atoms with Crippen LogP contribution in [-0.2, 0) is 11.2 Å². The summed E-state index contributed by atoms with van der Waals surface area (Å²) in [6.45, 7) is 2.74. The van der Waals surface area contributed by atoms with Crippen LogP contribution in [0.3, 0.4) is 0 Å². The van der Waals surface area contributed by atoms with Gasteiger partial charge in [-0.1, -0.05) is 37.3 Å². The van der Waals surface area contributed by atoms with Crippen LogP contribution in [0.4, 0.5) is 5.82 Å². The second-order valence-corrected chi connectivity index (χ2v) is 5.79. The van der Waals surface area contributed by atoms with Gasteiger partial charge < -0.3 is 10.0 Å². The smallest absolute Gasteiger partial charge is 0.326 e. The molecule has 0 radical (unpaired) electrons. The van der Waals surface area contributed by atoms with Gasteiger partial charge in [0.05, 0.1) is 5.69 Å². The summed E-state index contributed by atoms with van der Waals surface area (Å²) in [5.74, 6) is 0.696. The van der Waals surface area contributed by atoms with E-state index in [1.54, 1.807) is 0 Å². The molecule has 2 aromatic rings. The van der Waals surface area contributed by atoms with Crippen LogP contribution < -0.4 is 4.90 Å². The molecule has 5 nitrogen and oxygen atoms in total. The van der Waals surface area contributed by atoms with Gasteiger partial charge in [-0.05, 0) is 19.3 Å². The van der Waals surface area contributed by atoms with Gasteiger partial charge >= 0.3 is 5.97 Å². The third kappa shape index (κ3) is 3.33. The molecule has 1 atom stereocenters. The molecule has 120 valence electrons. The first-order valence-electron chi connectivity index (χ1n) is 8.12. The summed E-state index contributed by atoms with van der Waals surface area (Å²) >= 11 is 0. The van der Waals surface area contributed by atoms with Crippen molar-refractivity contribution in [2.24, 2.45) is 0 Å². The number of hydrogen-bond donors (Lipinski definition) is 1. The SMILES string of the molecule is CCc1nc(-c2ccccc2)cc(N2CCCCC2C(=O)O)n1. The molecule has 0 spiro atoms. The minimum atomic E-state index is -0.775. The molecular formula is C18H21N3O2. The van der Waals surface area contributed by atoms with E-state index < -0.39 is 12.0 Å². The first-order valence-corrected chi connectivity index (χ1v) is 8.12. The Morgan fingerprint density at radius 2 is 2.04 bits per heavy atom. The van der Waals surface area contributed by atoms with Crippen LogP contribution in [0, 0.1) is 0 Å². The van der Waals surface area contributed by atoms with Gasteiger partial charge in [0.25, 0.3) is 0 Å². The molecule has 3 rings (SSSR count). The molecule has 0 amide bonds. The second kappa shape index (κ2) is 6.77. The summed E-state index contributed by atoms with van der Waals surface area (Å²) in [6, 6.07) is 11.4. The van der Waals surface area contributed by atoms with Gasteiger partial charge in [0, 0.05) is 24.6 Å². The number of piperidine rings is 1. The maximum atomic E-state index is 11.6. The minimum absolute atomic E-state index is 0.494. The zero-order chi connectivity index (χ0) is 16.2. The van der Waals surface area contributed by atoms with Gasteiger partial charge in [-0.15, -0.1) is 0 Å². The largest absolute Gasteiger partial charge is 0.480 e. The highest BCUT2D eigenvalue weighted by Crippen LogP contribution is 2.27. The predicted octanol–water partition coefficient (Wildman–Crippen LogP) is 3.15. The maximum Gasteiger partial charge on any atom is 0.326 e. The zero-order valence-corrected chi connectivity index (χ0v) is 13.3. The number of hydrogen-bond acceptors (Lipinski definition) is 4. The molecule has 0 aliphatic carbocycles. The lowest BCUT2D eigenvalue weighted by atomic mass is 10.0. The molecule has 1 N–H and O–H groups in total. The number of rotatable bonds is 4. The van der Waals surface area contributed by atoms with Gasteiger partial charge in [-0.25, -0.2) is 14.8 Å². The third-order valence-corrected chi connectivity index (χ3v) is 4.23. The summed E-state index contributed by atoms with van der Waals surface area (Å²) in [7, 11) is 0. The molecule has 0 saturated carbocycles. The van der Waals surface area contributed by atoms with Crippen molar-refractivity contribution in [3.05, 3.63) is 42.2 Å². The van der Waals surface area contributed by atoms with Crippen molar-refractivity contribution >= 4 is 11.8 Å². The quantitative estimate of drug-likeness (QED) is 0.939. The Kier molecular flexibility index (Phi) is 4.55. The van der Waals surface area contributed by atoms with Crippen LogP contribution in [0.5, 0.6) is 0 Å². The third-order valence-electron chi connectivity index (χ3n) is 4.23. The van der Waals surface area contributed by atoms with E-state index in [4.69, 9.17) is 0 Å². The average molecular weight is 311 g/mol. The Morgan fingerprint density at radius 3 is 2.74 bits per heavy atom. The lowest BCUT2D eigenvalue weighted by Gasteiger charge is -2.34. The van der Waals surface area contributed by atoms with E-state index in [0.717, 1.165) is 48.7 Å². The van der Waals surface area contributed by atoms with Crippen molar-refractivity contribution in [2.45, 2.75) is 38.6 Å². The fourth-order valence-corrected chi connectivity index (χ4v) is 3.01. The number of anilines is 1. The van der Waals surface area contributed by atoms with E-state index in [2.05, 4.69) is 9.97 Å². The van der Waals surface area contributed by atoms with E-state index in [1.165, 1.54) is 0 Å². The summed E-state index contributed by atoms with van der Waals surface area (Å²) < 4.78 is 0. The summed E-state index contributed by atoms with van der Waals surface area (Å²) in [5, 5.41) is 9.50. The van der Waals surface area contributed by atoms with Crippen LogP contribution >= 0.6 is 0 Å². The lowest BCUT2D eigenvalue weighted by molar-refractivity contribution is -0.139. The van der Waals surface area contributed by atoms with Crippen LogP contribution in [0.25, 0.3) is 11.3 Å². The number of aromatic nitrogens is 2. The second-order valence-electron chi connectivity index (χ2n) is 5.79. The Labute approximate surface area is 136 Å². The molecule has 23 heavy (non-hydrogen) atoms. The van der Waals surface area contributed by atoms with Crippen molar-refractivity contribution < 1.29 is 9.90 Å². The number of aliphatic carboxylic acids is 1. The predicted molar refractivity (Wildman–Crippen MR) is 89.5 cm³/mol.